The second kappa shape index (κ2) is 10.9. The number of anilines is 1. The molecule has 0 saturated heterocycles. The normalized spacial score (nSPS) is 14.4. The standard InChI is InChI=1S/C29H28FN5O3/c1-19(36)21-12-5-8-16-25(21)35(27(37)18-34-26-17-9-7-15-24(26)32-33-34)28(22-13-4-6-14-23(22)30)29(38)31-20-10-2-3-11-20/h4-9,12-17,20,28H,2-3,10-11,18H2,1H3,(H,31,38)/t28-/m1/s1. The number of nitrogens with one attached hydrogen (secondary N) is 1. The predicted molar refractivity (Wildman–Crippen MR) is 141 cm³/mol. The zero-order valence-corrected chi connectivity index (χ0v) is 21.0. The predicted octanol–water partition coefficient (Wildman–Crippen LogP) is 4.61. The average molecular weight is 514 g/mol. The van der Waals surface area contributed by atoms with Crippen molar-refractivity contribution >= 4 is 34.3 Å². The molecule has 0 bridgehead atoms. The van der Waals surface area contributed by atoms with Crippen LogP contribution in [0.3, 0.4) is 0 Å². The van der Waals surface area contributed by atoms with Crippen molar-refractivity contribution < 1.29 is 18.8 Å². The molecule has 194 valence electrons. The number of fused-ring (bicyclic) bond motifs is 1. The molecule has 3 aromatic carbocycles. The molecule has 1 saturated carbocycles. The van der Waals surface area contributed by atoms with E-state index in [9.17, 15) is 14.4 Å². The van der Waals surface area contributed by atoms with Gasteiger partial charge in [0.15, 0.2) is 5.78 Å². The minimum absolute atomic E-state index is 0.0400. The molecule has 38 heavy (non-hydrogen) atoms. The summed E-state index contributed by atoms with van der Waals surface area (Å²) in [6.07, 6.45) is 3.62. The van der Waals surface area contributed by atoms with Crippen LogP contribution in [0.15, 0.2) is 72.8 Å². The van der Waals surface area contributed by atoms with Crippen LogP contribution in [0.2, 0.25) is 0 Å². The van der Waals surface area contributed by atoms with Gasteiger partial charge in [0.1, 0.15) is 23.9 Å². The summed E-state index contributed by atoms with van der Waals surface area (Å²) in [4.78, 5) is 41.8. The highest BCUT2D eigenvalue weighted by Gasteiger charge is 2.37. The number of Topliss-reactive ketones (excluding diaryl/α,β-unsaturated/α-hetero) is 1. The van der Waals surface area contributed by atoms with Crippen LogP contribution in [-0.2, 0) is 16.1 Å². The van der Waals surface area contributed by atoms with Crippen LogP contribution >= 0.6 is 0 Å². The Kier molecular flexibility index (Phi) is 7.26. The van der Waals surface area contributed by atoms with Crippen LogP contribution in [0.25, 0.3) is 11.0 Å². The molecule has 1 N–H and O–H groups in total. The Hall–Kier alpha value is -4.40. The number of hydrogen-bond acceptors (Lipinski definition) is 5. The maximum Gasteiger partial charge on any atom is 0.249 e. The first-order valence-electron chi connectivity index (χ1n) is 12.7. The fourth-order valence-corrected chi connectivity index (χ4v) is 5.08. The van der Waals surface area contributed by atoms with E-state index in [4.69, 9.17) is 0 Å². The number of amides is 2. The minimum atomic E-state index is -1.35. The highest BCUT2D eigenvalue weighted by molar-refractivity contribution is 6.08. The summed E-state index contributed by atoms with van der Waals surface area (Å²) in [6, 6.07) is 18.3. The van der Waals surface area contributed by atoms with Crippen LogP contribution in [-0.4, -0.2) is 38.6 Å². The molecular formula is C29H28FN5O3. The number of ketones is 1. The number of carbonyl (C=O) groups is 3. The second-order valence-corrected chi connectivity index (χ2v) is 9.49. The number of hydrogen-bond donors (Lipinski definition) is 1. The number of rotatable bonds is 8. The lowest BCUT2D eigenvalue weighted by molar-refractivity contribution is -0.127. The first-order valence-corrected chi connectivity index (χ1v) is 12.7. The number of benzene rings is 3. The average Bonchev–Trinajstić information content (AvgIpc) is 3.58. The fraction of sp³-hybridized carbons (Fsp3) is 0.276. The van der Waals surface area contributed by atoms with Gasteiger partial charge in [-0.05, 0) is 50.1 Å². The smallest absolute Gasteiger partial charge is 0.249 e. The third-order valence-electron chi connectivity index (χ3n) is 6.92. The number of nitrogens with zero attached hydrogens (tertiary/aromatic N) is 4. The number of aromatic nitrogens is 3. The van der Waals surface area contributed by atoms with Gasteiger partial charge in [-0.15, -0.1) is 5.10 Å². The van der Waals surface area contributed by atoms with Crippen molar-refractivity contribution in [2.75, 3.05) is 4.90 Å². The summed E-state index contributed by atoms with van der Waals surface area (Å²) in [6.45, 7) is 1.12. The van der Waals surface area contributed by atoms with E-state index in [1.165, 1.54) is 34.7 Å². The summed E-state index contributed by atoms with van der Waals surface area (Å²) in [5, 5.41) is 11.3. The van der Waals surface area contributed by atoms with Crippen molar-refractivity contribution in [3.8, 4) is 0 Å². The monoisotopic (exact) mass is 513 g/mol. The van der Waals surface area contributed by atoms with Crippen LogP contribution in [0, 0.1) is 5.82 Å². The molecule has 2 amide bonds. The molecule has 0 radical (unpaired) electrons. The van der Waals surface area contributed by atoms with Crippen LogP contribution < -0.4 is 10.2 Å². The van der Waals surface area contributed by atoms with E-state index >= 15 is 4.39 Å². The molecule has 1 atom stereocenters. The van der Waals surface area contributed by atoms with E-state index in [-0.39, 0.29) is 35.2 Å². The van der Waals surface area contributed by atoms with Crippen LogP contribution in [0.1, 0.15) is 54.6 Å². The van der Waals surface area contributed by atoms with Gasteiger partial charge in [-0.25, -0.2) is 9.07 Å². The Morgan fingerprint density at radius 1 is 1.00 bits per heavy atom. The zero-order valence-electron chi connectivity index (χ0n) is 21.0. The first kappa shape index (κ1) is 25.3. The van der Waals surface area contributed by atoms with Gasteiger partial charge in [0.05, 0.1) is 11.2 Å². The maximum atomic E-state index is 15.3. The van der Waals surface area contributed by atoms with Gasteiger partial charge in [0, 0.05) is 17.2 Å². The summed E-state index contributed by atoms with van der Waals surface area (Å²) in [5.41, 5.74) is 1.76. The molecule has 0 aliphatic heterocycles. The molecule has 8 nitrogen and oxygen atoms in total. The minimum Gasteiger partial charge on any atom is -0.351 e. The molecule has 9 heteroatoms. The van der Waals surface area contributed by atoms with Crippen LogP contribution in [0.5, 0.6) is 0 Å². The lowest BCUT2D eigenvalue weighted by Gasteiger charge is -2.33. The third kappa shape index (κ3) is 5.04. The summed E-state index contributed by atoms with van der Waals surface area (Å²) in [7, 11) is 0. The van der Waals surface area contributed by atoms with Gasteiger partial charge in [0.2, 0.25) is 11.8 Å². The van der Waals surface area contributed by atoms with Gasteiger partial charge in [0.25, 0.3) is 0 Å². The lowest BCUT2D eigenvalue weighted by atomic mass is 9.99. The Labute approximate surface area is 219 Å². The summed E-state index contributed by atoms with van der Waals surface area (Å²) in [5.74, 6) is -1.95. The van der Waals surface area contributed by atoms with Crippen molar-refractivity contribution in [1.29, 1.82) is 0 Å². The topological polar surface area (TPSA) is 97.2 Å². The maximum absolute atomic E-state index is 15.3. The molecule has 1 aromatic heterocycles. The molecular weight excluding hydrogens is 485 g/mol. The highest BCUT2D eigenvalue weighted by atomic mass is 19.1. The lowest BCUT2D eigenvalue weighted by Crippen LogP contribution is -2.48. The van der Waals surface area contributed by atoms with Crippen molar-refractivity contribution in [1.82, 2.24) is 20.3 Å². The fourth-order valence-electron chi connectivity index (χ4n) is 5.08. The van der Waals surface area contributed by atoms with Crippen molar-refractivity contribution in [3.63, 3.8) is 0 Å². The number of carbonyl (C=O) groups excluding carboxylic acids is 3. The van der Waals surface area contributed by atoms with Gasteiger partial charge in [-0.2, -0.15) is 0 Å². The van der Waals surface area contributed by atoms with Crippen molar-refractivity contribution in [2.45, 2.75) is 51.2 Å². The van der Waals surface area contributed by atoms with E-state index < -0.39 is 23.7 Å². The number of halogens is 1. The largest absolute Gasteiger partial charge is 0.351 e. The Balaban J connectivity index is 1.64. The molecule has 1 aliphatic carbocycles. The summed E-state index contributed by atoms with van der Waals surface area (Å²) >= 11 is 0. The quantitative estimate of drug-likeness (QED) is 0.347. The number of para-hydroxylation sites is 2. The molecule has 5 rings (SSSR count). The molecule has 0 unspecified atom stereocenters. The van der Waals surface area contributed by atoms with E-state index in [0.29, 0.717) is 11.0 Å². The van der Waals surface area contributed by atoms with E-state index in [1.807, 2.05) is 12.1 Å². The highest BCUT2D eigenvalue weighted by Crippen LogP contribution is 2.33. The zero-order chi connectivity index (χ0) is 26.6. The van der Waals surface area contributed by atoms with Gasteiger partial charge in [-0.3, -0.25) is 19.3 Å². The molecule has 1 aliphatic rings. The third-order valence-corrected chi connectivity index (χ3v) is 6.92. The Bertz CT molecular complexity index is 1490. The van der Waals surface area contributed by atoms with Crippen molar-refractivity contribution in [2.24, 2.45) is 0 Å². The Morgan fingerprint density at radius 2 is 1.68 bits per heavy atom. The second-order valence-electron chi connectivity index (χ2n) is 9.49. The first-order chi connectivity index (χ1) is 18.4. The molecule has 4 aromatic rings. The van der Waals surface area contributed by atoms with E-state index in [1.54, 1.807) is 42.5 Å². The van der Waals surface area contributed by atoms with E-state index in [0.717, 1.165) is 25.7 Å². The SMILES string of the molecule is CC(=O)c1ccccc1N(C(=O)Cn1nnc2ccccc21)[C@@H](C(=O)NC1CCCC1)c1ccccc1F. The van der Waals surface area contributed by atoms with Gasteiger partial charge < -0.3 is 5.32 Å². The van der Waals surface area contributed by atoms with Gasteiger partial charge in [-0.1, -0.05) is 60.5 Å². The van der Waals surface area contributed by atoms with Crippen molar-refractivity contribution in [3.05, 3.63) is 89.7 Å². The molecule has 1 heterocycles. The molecule has 1 fully saturated rings. The van der Waals surface area contributed by atoms with Gasteiger partial charge >= 0.3 is 0 Å². The Morgan fingerprint density at radius 3 is 2.45 bits per heavy atom. The van der Waals surface area contributed by atoms with E-state index in [2.05, 4.69) is 15.6 Å². The summed E-state index contributed by atoms with van der Waals surface area (Å²) < 4.78 is 16.7. The molecule has 0 spiro atoms. The van der Waals surface area contributed by atoms with Crippen LogP contribution in [0.4, 0.5) is 10.1 Å².